The van der Waals surface area contributed by atoms with Gasteiger partial charge < -0.3 is 57.8 Å². The number of aliphatic hydroxyl groups is 1. The van der Waals surface area contributed by atoms with Gasteiger partial charge in [-0.05, 0) is 97.2 Å². The van der Waals surface area contributed by atoms with Crippen LogP contribution in [0.3, 0.4) is 0 Å². The van der Waals surface area contributed by atoms with E-state index in [1.807, 2.05) is 24.3 Å². The molecular formula is C51H69NO11. The van der Waals surface area contributed by atoms with E-state index in [9.17, 15) is 0 Å². The number of hydrogen-bond donors (Lipinski definition) is 2. The van der Waals surface area contributed by atoms with Crippen LogP contribution in [0, 0.1) is 0 Å². The fourth-order valence-corrected chi connectivity index (χ4v) is 6.90. The van der Waals surface area contributed by atoms with Crippen molar-refractivity contribution < 1.29 is 52.5 Å². The van der Waals surface area contributed by atoms with Gasteiger partial charge in [0, 0.05) is 44.9 Å². The molecule has 1 heterocycles. The molecule has 0 radical (unpaired) electrons. The zero-order valence-electron chi connectivity index (χ0n) is 37.5. The van der Waals surface area contributed by atoms with Crippen LogP contribution in [0.15, 0.2) is 95.6 Å². The van der Waals surface area contributed by atoms with Crippen molar-refractivity contribution in [1.29, 1.82) is 0 Å². The summed E-state index contributed by atoms with van der Waals surface area (Å²) >= 11 is 0. The van der Waals surface area contributed by atoms with E-state index in [1.165, 1.54) is 5.56 Å². The molecule has 1 aliphatic carbocycles. The lowest BCUT2D eigenvalue weighted by atomic mass is 10.0. The van der Waals surface area contributed by atoms with Crippen LogP contribution >= 0.6 is 0 Å². The van der Waals surface area contributed by atoms with Crippen molar-refractivity contribution in [3.8, 4) is 34.1 Å². The van der Waals surface area contributed by atoms with Crippen LogP contribution in [0.2, 0.25) is 0 Å². The molecule has 0 amide bonds. The van der Waals surface area contributed by atoms with Crippen molar-refractivity contribution >= 4 is 0 Å². The molecule has 0 fully saturated rings. The first-order chi connectivity index (χ1) is 31.2. The molecule has 2 aliphatic rings. The molecule has 12 nitrogen and oxygen atoms in total. The Balaban J connectivity index is 1.07. The fraction of sp³-hybridized carbons (Fsp3) is 0.529. The Hall–Kier alpha value is -4.58. The second-order valence-electron chi connectivity index (χ2n) is 15.3. The molecule has 0 saturated heterocycles. The molecule has 2 N–H and O–H groups in total. The largest absolute Gasteiger partial charge is 0.493 e. The summed E-state index contributed by atoms with van der Waals surface area (Å²) in [5, 5.41) is 12.5. The van der Waals surface area contributed by atoms with Gasteiger partial charge in [0.25, 0.3) is 0 Å². The molecule has 3 aromatic carbocycles. The maximum Gasteiger partial charge on any atom is 0.203 e. The van der Waals surface area contributed by atoms with E-state index in [2.05, 4.69) is 65.3 Å². The highest BCUT2D eigenvalue weighted by atomic mass is 16.6. The van der Waals surface area contributed by atoms with Crippen LogP contribution in [-0.2, 0) is 41.5 Å². The molecule has 5 rings (SSSR count). The summed E-state index contributed by atoms with van der Waals surface area (Å²) in [5.74, 6) is 3.28. The standard InChI is InChI=1S/C51H69NO11/c1-54-49-36-43(37-50(55-2)51(49)62-26-12-8-5-9-23-53)39-52-38-41-13-16-44(17-14-41)45-18-20-46(21-19-45)63-40-42-15-22-47-48(35-42)61-34-32-59-30-28-57-25-11-7-4-3-6-10-24-56-27-29-58-31-33-60-47/h3-4,13-14,16-21,36-37,48,52-53H,5-12,23-35,38-40H2,1-2H3/b4-3-. The highest BCUT2D eigenvalue weighted by Crippen LogP contribution is 2.39. The van der Waals surface area contributed by atoms with Crippen LogP contribution < -0.4 is 24.3 Å². The maximum absolute atomic E-state index is 8.99. The Bertz CT molecular complexity index is 1820. The van der Waals surface area contributed by atoms with Crippen molar-refractivity contribution in [3.05, 3.63) is 107 Å². The fourth-order valence-electron chi connectivity index (χ4n) is 6.90. The molecule has 0 spiro atoms. The van der Waals surface area contributed by atoms with E-state index >= 15 is 0 Å². The van der Waals surface area contributed by atoms with Crippen LogP contribution in [0.4, 0.5) is 0 Å². The first kappa shape index (κ1) is 49.4. The summed E-state index contributed by atoms with van der Waals surface area (Å²) in [6.07, 6.45) is 12.4. The van der Waals surface area contributed by atoms with E-state index in [1.54, 1.807) is 14.2 Å². The van der Waals surface area contributed by atoms with Crippen molar-refractivity contribution in [3.63, 3.8) is 0 Å². The van der Waals surface area contributed by atoms with Crippen LogP contribution in [0.5, 0.6) is 23.0 Å². The van der Waals surface area contributed by atoms with E-state index < -0.39 is 0 Å². The van der Waals surface area contributed by atoms with Crippen molar-refractivity contribution in [1.82, 2.24) is 5.32 Å². The molecular weight excluding hydrogens is 803 g/mol. The third kappa shape index (κ3) is 19.0. The lowest BCUT2D eigenvalue weighted by molar-refractivity contribution is -0.0257. The van der Waals surface area contributed by atoms with E-state index in [0.717, 1.165) is 92.6 Å². The molecule has 0 aromatic heterocycles. The highest BCUT2D eigenvalue weighted by molar-refractivity contribution is 5.64. The summed E-state index contributed by atoms with van der Waals surface area (Å²) in [7, 11) is 3.28. The number of allylic oxidation sites excluding steroid dienone is 2. The number of unbranched alkanes of at least 4 members (excludes halogenated alkanes) is 3. The molecule has 344 valence electrons. The first-order valence-electron chi connectivity index (χ1n) is 22.6. The van der Waals surface area contributed by atoms with E-state index in [4.69, 9.17) is 52.5 Å². The molecule has 1 aliphatic heterocycles. The Morgan fingerprint density at radius 2 is 1.22 bits per heavy atom. The van der Waals surface area contributed by atoms with Gasteiger partial charge in [-0.15, -0.1) is 0 Å². The lowest BCUT2D eigenvalue weighted by Crippen LogP contribution is -2.24. The Kier molecular flexibility index (Phi) is 23.9. The molecule has 3 aromatic rings. The second-order valence-corrected chi connectivity index (χ2v) is 15.3. The molecule has 0 saturated carbocycles. The third-order valence-electron chi connectivity index (χ3n) is 10.4. The van der Waals surface area contributed by atoms with Crippen LogP contribution in [0.25, 0.3) is 11.1 Å². The van der Waals surface area contributed by atoms with Crippen molar-refractivity contribution in [2.45, 2.75) is 77.0 Å². The zero-order chi connectivity index (χ0) is 44.0. The second kappa shape index (κ2) is 30.5. The molecule has 0 bridgehead atoms. The smallest absolute Gasteiger partial charge is 0.203 e. The average Bonchev–Trinajstić information content (AvgIpc) is 3.31. The predicted molar refractivity (Wildman–Crippen MR) is 244 cm³/mol. The quantitative estimate of drug-likeness (QED) is 0.0768. The summed E-state index contributed by atoms with van der Waals surface area (Å²) in [5.41, 5.74) is 11.8. The van der Waals surface area contributed by atoms with Gasteiger partial charge in [0.2, 0.25) is 5.75 Å². The summed E-state index contributed by atoms with van der Waals surface area (Å²) in [6, 6.07) is 20.7. The highest BCUT2D eigenvalue weighted by Gasteiger charge is 2.22. The molecule has 12 heteroatoms. The lowest BCUT2D eigenvalue weighted by Gasteiger charge is -2.22. The summed E-state index contributed by atoms with van der Waals surface area (Å²) in [6.45, 7) is 7.80. The number of fused-ring (bicyclic) bond motifs is 1. The summed E-state index contributed by atoms with van der Waals surface area (Å²) in [4.78, 5) is 0. The monoisotopic (exact) mass is 871 g/mol. The van der Waals surface area contributed by atoms with Gasteiger partial charge >= 0.3 is 0 Å². The van der Waals surface area contributed by atoms with Gasteiger partial charge in [-0.25, -0.2) is 0 Å². The summed E-state index contributed by atoms with van der Waals surface area (Å²) < 4.78 is 58.7. The number of aliphatic hydroxyl groups excluding tert-OH is 1. The third-order valence-corrected chi connectivity index (χ3v) is 10.4. The van der Waals surface area contributed by atoms with Crippen LogP contribution in [0.1, 0.15) is 68.9 Å². The van der Waals surface area contributed by atoms with Gasteiger partial charge in [-0.2, -0.15) is 0 Å². The molecule has 1 atom stereocenters. The molecule has 1 unspecified atom stereocenters. The Morgan fingerprint density at radius 3 is 1.87 bits per heavy atom. The number of nitrogens with one attached hydrogen (secondary N) is 1. The number of ether oxygens (including phenoxy) is 10. The predicted octanol–water partition coefficient (Wildman–Crippen LogP) is 8.54. The Morgan fingerprint density at radius 1 is 0.635 bits per heavy atom. The van der Waals surface area contributed by atoms with Gasteiger partial charge in [0.15, 0.2) is 17.3 Å². The van der Waals surface area contributed by atoms with Crippen molar-refractivity contribution in [2.75, 3.05) is 100 Å². The Labute approximate surface area is 374 Å². The van der Waals surface area contributed by atoms with Gasteiger partial charge in [-0.1, -0.05) is 60.7 Å². The number of rotatable bonds is 17. The normalized spacial score (nSPS) is 18.1. The zero-order valence-corrected chi connectivity index (χ0v) is 37.5. The van der Waals surface area contributed by atoms with Gasteiger partial charge in [0.1, 0.15) is 25.1 Å². The van der Waals surface area contributed by atoms with Crippen molar-refractivity contribution in [2.24, 2.45) is 0 Å². The average molecular weight is 872 g/mol. The van der Waals surface area contributed by atoms with E-state index in [-0.39, 0.29) is 12.7 Å². The number of benzene rings is 3. The van der Waals surface area contributed by atoms with Gasteiger partial charge in [0.05, 0.1) is 67.1 Å². The SMILES string of the molecule is COc1cc(CNCc2ccc(-c3ccc(OCC4=C=C=C5OCCOCCOCCC/C=C\CCCOCCOCCOC5C4)cc3)cc2)cc(OC)c1OCCCCCCO. The van der Waals surface area contributed by atoms with Crippen LogP contribution in [-0.4, -0.2) is 111 Å². The van der Waals surface area contributed by atoms with Gasteiger partial charge in [-0.3, -0.25) is 0 Å². The minimum Gasteiger partial charge on any atom is -0.493 e. The molecule has 63 heavy (non-hydrogen) atoms. The minimum atomic E-state index is -0.324. The first-order valence-corrected chi connectivity index (χ1v) is 22.6. The topological polar surface area (TPSA) is 125 Å². The minimum absolute atomic E-state index is 0.228. The number of hydrogen-bond acceptors (Lipinski definition) is 12. The maximum atomic E-state index is 8.99. The van der Waals surface area contributed by atoms with E-state index in [0.29, 0.717) is 109 Å². The number of methoxy groups -OCH3 is 2.